The van der Waals surface area contributed by atoms with Gasteiger partial charge in [0.1, 0.15) is 17.2 Å². The number of methoxy groups -OCH3 is 2. The average molecular weight is 371 g/mol. The van der Waals surface area contributed by atoms with Crippen LogP contribution < -0.4 is 14.8 Å². The van der Waals surface area contributed by atoms with E-state index in [1.165, 1.54) is 19.4 Å². The second kappa shape index (κ2) is 8.50. The first-order valence-electron chi connectivity index (χ1n) is 8.49. The Morgan fingerprint density at radius 1 is 1.11 bits per heavy atom. The second-order valence-electron chi connectivity index (χ2n) is 5.85. The Hall–Kier alpha value is -3.13. The molecule has 1 aliphatic rings. The molecule has 0 radical (unpaired) electrons. The summed E-state index contributed by atoms with van der Waals surface area (Å²) in [6.45, 7) is 2.03. The number of anilines is 1. The minimum Gasteiger partial charge on any atom is -0.497 e. The van der Waals surface area contributed by atoms with E-state index in [0.717, 1.165) is 0 Å². The number of morpholine rings is 1. The number of hydrogen-bond acceptors (Lipinski definition) is 6. The maximum atomic E-state index is 12.7. The molecule has 8 heteroatoms. The van der Waals surface area contributed by atoms with Gasteiger partial charge in [0.15, 0.2) is 0 Å². The molecule has 0 saturated carbocycles. The lowest BCUT2D eigenvalue weighted by molar-refractivity contribution is 0.0299. The normalized spacial score (nSPS) is 13.8. The molecule has 1 aromatic heterocycles. The third-order valence-electron chi connectivity index (χ3n) is 4.19. The SMILES string of the molecule is COc1ccc(OC)c(NC(=O)c2ccnc(C(=O)N3CCOCC3)c2)c1. The number of nitrogens with one attached hydrogen (secondary N) is 1. The molecule has 1 saturated heterocycles. The van der Waals surface area contributed by atoms with Gasteiger partial charge in [-0.3, -0.25) is 14.6 Å². The average Bonchev–Trinajstić information content (AvgIpc) is 2.73. The van der Waals surface area contributed by atoms with E-state index in [0.29, 0.717) is 49.1 Å². The van der Waals surface area contributed by atoms with Crippen molar-refractivity contribution in [1.29, 1.82) is 0 Å². The van der Waals surface area contributed by atoms with E-state index in [1.807, 2.05) is 0 Å². The number of amides is 2. The van der Waals surface area contributed by atoms with Crippen LogP contribution in [-0.2, 0) is 4.74 Å². The first-order valence-corrected chi connectivity index (χ1v) is 8.49. The van der Waals surface area contributed by atoms with E-state index in [2.05, 4.69) is 10.3 Å². The van der Waals surface area contributed by atoms with Crippen LogP contribution in [0.4, 0.5) is 5.69 Å². The van der Waals surface area contributed by atoms with E-state index < -0.39 is 0 Å². The van der Waals surface area contributed by atoms with E-state index >= 15 is 0 Å². The predicted octanol–water partition coefficient (Wildman–Crippen LogP) is 1.82. The van der Waals surface area contributed by atoms with Crippen LogP contribution in [0.3, 0.4) is 0 Å². The Bertz CT molecular complexity index is 834. The van der Waals surface area contributed by atoms with Crippen molar-refractivity contribution in [2.45, 2.75) is 0 Å². The van der Waals surface area contributed by atoms with Gasteiger partial charge in [0.25, 0.3) is 11.8 Å². The Morgan fingerprint density at radius 3 is 2.59 bits per heavy atom. The van der Waals surface area contributed by atoms with Gasteiger partial charge < -0.3 is 24.4 Å². The van der Waals surface area contributed by atoms with Gasteiger partial charge in [-0.05, 0) is 24.3 Å². The van der Waals surface area contributed by atoms with Gasteiger partial charge in [-0.2, -0.15) is 0 Å². The van der Waals surface area contributed by atoms with Gasteiger partial charge in [0.05, 0.1) is 33.1 Å². The number of rotatable bonds is 5. The van der Waals surface area contributed by atoms with Crippen LogP contribution in [0.25, 0.3) is 0 Å². The smallest absolute Gasteiger partial charge is 0.272 e. The van der Waals surface area contributed by atoms with Crippen molar-refractivity contribution in [2.24, 2.45) is 0 Å². The largest absolute Gasteiger partial charge is 0.497 e. The maximum Gasteiger partial charge on any atom is 0.272 e. The quantitative estimate of drug-likeness (QED) is 0.862. The van der Waals surface area contributed by atoms with Crippen LogP contribution >= 0.6 is 0 Å². The van der Waals surface area contributed by atoms with Crippen molar-refractivity contribution >= 4 is 17.5 Å². The van der Waals surface area contributed by atoms with Gasteiger partial charge in [-0.15, -0.1) is 0 Å². The Morgan fingerprint density at radius 2 is 1.89 bits per heavy atom. The van der Waals surface area contributed by atoms with E-state index in [-0.39, 0.29) is 17.5 Å². The molecule has 3 rings (SSSR count). The highest BCUT2D eigenvalue weighted by atomic mass is 16.5. The van der Waals surface area contributed by atoms with Crippen molar-refractivity contribution in [3.63, 3.8) is 0 Å². The molecule has 2 heterocycles. The fourth-order valence-electron chi connectivity index (χ4n) is 2.72. The number of aromatic nitrogens is 1. The Kier molecular flexibility index (Phi) is 5.87. The van der Waals surface area contributed by atoms with Crippen LogP contribution in [-0.4, -0.2) is 62.2 Å². The highest BCUT2D eigenvalue weighted by Crippen LogP contribution is 2.29. The zero-order valence-electron chi connectivity index (χ0n) is 15.2. The minimum absolute atomic E-state index is 0.216. The van der Waals surface area contributed by atoms with Crippen LogP contribution in [0.1, 0.15) is 20.8 Å². The van der Waals surface area contributed by atoms with Crippen molar-refractivity contribution in [3.05, 3.63) is 47.8 Å². The van der Waals surface area contributed by atoms with Gasteiger partial charge in [-0.25, -0.2) is 0 Å². The molecular weight excluding hydrogens is 350 g/mol. The number of benzene rings is 1. The maximum absolute atomic E-state index is 12.7. The summed E-state index contributed by atoms with van der Waals surface area (Å²) in [5.74, 6) is 0.499. The molecule has 2 aromatic rings. The molecule has 1 aromatic carbocycles. The number of carbonyl (C=O) groups is 2. The van der Waals surface area contributed by atoms with Crippen molar-refractivity contribution < 1.29 is 23.8 Å². The second-order valence-corrected chi connectivity index (χ2v) is 5.85. The molecular formula is C19H21N3O5. The molecule has 0 bridgehead atoms. The lowest BCUT2D eigenvalue weighted by Gasteiger charge is -2.26. The van der Waals surface area contributed by atoms with Crippen molar-refractivity contribution in [1.82, 2.24) is 9.88 Å². The topological polar surface area (TPSA) is 90.0 Å². The summed E-state index contributed by atoms with van der Waals surface area (Å²) in [7, 11) is 3.06. The first-order chi connectivity index (χ1) is 13.1. The first kappa shape index (κ1) is 18.7. The van der Waals surface area contributed by atoms with Crippen LogP contribution in [0.5, 0.6) is 11.5 Å². The van der Waals surface area contributed by atoms with Crippen molar-refractivity contribution in [3.8, 4) is 11.5 Å². The van der Waals surface area contributed by atoms with E-state index in [4.69, 9.17) is 14.2 Å². The summed E-state index contributed by atoms with van der Waals surface area (Å²) in [5, 5.41) is 2.78. The van der Waals surface area contributed by atoms with Crippen LogP contribution in [0, 0.1) is 0 Å². The summed E-state index contributed by atoms with van der Waals surface area (Å²) >= 11 is 0. The van der Waals surface area contributed by atoms with Gasteiger partial charge in [-0.1, -0.05) is 0 Å². The molecule has 1 fully saturated rings. The third kappa shape index (κ3) is 4.35. The summed E-state index contributed by atoms with van der Waals surface area (Å²) < 4.78 is 15.7. The van der Waals surface area contributed by atoms with Crippen molar-refractivity contribution in [2.75, 3.05) is 45.8 Å². The zero-order chi connectivity index (χ0) is 19.2. The van der Waals surface area contributed by atoms with Gasteiger partial charge >= 0.3 is 0 Å². The summed E-state index contributed by atoms with van der Waals surface area (Å²) in [6, 6.07) is 8.14. The summed E-state index contributed by atoms with van der Waals surface area (Å²) in [4.78, 5) is 31.0. The highest BCUT2D eigenvalue weighted by Gasteiger charge is 2.21. The highest BCUT2D eigenvalue weighted by molar-refractivity contribution is 6.06. The molecule has 2 amide bonds. The van der Waals surface area contributed by atoms with Crippen LogP contribution in [0.15, 0.2) is 36.5 Å². The zero-order valence-corrected chi connectivity index (χ0v) is 15.2. The standard InChI is InChI=1S/C19H21N3O5/c1-25-14-3-4-17(26-2)15(12-14)21-18(23)13-5-6-20-16(11-13)19(24)22-7-9-27-10-8-22/h3-6,11-12H,7-10H2,1-2H3,(H,21,23). The van der Waals surface area contributed by atoms with Gasteiger partial charge in [0.2, 0.25) is 0 Å². The fraction of sp³-hybridized carbons (Fsp3) is 0.316. The summed E-state index contributed by atoms with van der Waals surface area (Å²) in [5.41, 5.74) is 1.02. The predicted molar refractivity (Wildman–Crippen MR) is 98.5 cm³/mol. The lowest BCUT2D eigenvalue weighted by atomic mass is 10.2. The fourth-order valence-corrected chi connectivity index (χ4v) is 2.72. The Balaban J connectivity index is 1.78. The number of hydrogen-bond donors (Lipinski definition) is 1. The minimum atomic E-state index is -0.375. The third-order valence-corrected chi connectivity index (χ3v) is 4.19. The molecule has 142 valence electrons. The number of pyridine rings is 1. The molecule has 8 nitrogen and oxygen atoms in total. The molecule has 0 spiro atoms. The molecule has 0 unspecified atom stereocenters. The molecule has 1 aliphatic heterocycles. The molecule has 0 aliphatic carbocycles. The van der Waals surface area contributed by atoms with Gasteiger partial charge in [0, 0.05) is 30.9 Å². The molecule has 1 N–H and O–H groups in total. The van der Waals surface area contributed by atoms with Crippen LogP contribution in [0.2, 0.25) is 0 Å². The summed E-state index contributed by atoms with van der Waals surface area (Å²) in [6.07, 6.45) is 1.45. The van der Waals surface area contributed by atoms with E-state index in [9.17, 15) is 9.59 Å². The van der Waals surface area contributed by atoms with E-state index in [1.54, 1.807) is 36.3 Å². The number of carbonyl (C=O) groups excluding carboxylic acids is 2. The molecule has 0 atom stereocenters. The Labute approximate surface area is 157 Å². The number of ether oxygens (including phenoxy) is 3. The lowest BCUT2D eigenvalue weighted by Crippen LogP contribution is -2.41. The number of nitrogens with zero attached hydrogens (tertiary/aromatic N) is 2. The monoisotopic (exact) mass is 371 g/mol. The molecule has 27 heavy (non-hydrogen) atoms.